The Morgan fingerprint density at radius 3 is 2.46 bits per heavy atom. The summed E-state index contributed by atoms with van der Waals surface area (Å²) < 4.78 is 5.52. The van der Waals surface area contributed by atoms with Gasteiger partial charge in [0.1, 0.15) is 11.5 Å². The lowest BCUT2D eigenvalue weighted by atomic mass is 9.99. The van der Waals surface area contributed by atoms with Crippen molar-refractivity contribution in [2.24, 2.45) is 0 Å². The van der Waals surface area contributed by atoms with E-state index in [4.69, 9.17) is 4.52 Å². The number of carbonyl (C=O) groups is 1. The monoisotopic (exact) mass is 342 g/mol. The second kappa shape index (κ2) is 6.89. The van der Waals surface area contributed by atoms with Crippen LogP contribution in [0.2, 0.25) is 0 Å². The Labute approximate surface area is 152 Å². The second-order valence-corrected chi connectivity index (χ2v) is 6.23. The van der Waals surface area contributed by atoms with Crippen LogP contribution in [0.3, 0.4) is 0 Å². The van der Waals surface area contributed by atoms with E-state index in [1.54, 1.807) is 11.8 Å². The van der Waals surface area contributed by atoms with E-state index >= 15 is 0 Å². The van der Waals surface area contributed by atoms with Crippen molar-refractivity contribution in [1.82, 2.24) is 10.1 Å². The number of carbonyl (C=O) groups excluding carboxylic acids is 1. The van der Waals surface area contributed by atoms with Gasteiger partial charge in [-0.05, 0) is 24.0 Å². The lowest BCUT2D eigenvalue weighted by Gasteiger charge is -2.24. The molecule has 2 heterocycles. The van der Waals surface area contributed by atoms with Crippen LogP contribution in [-0.2, 0) is 17.8 Å². The zero-order valence-corrected chi connectivity index (χ0v) is 14.5. The van der Waals surface area contributed by atoms with Gasteiger partial charge in [0.05, 0.1) is 6.54 Å². The highest BCUT2D eigenvalue weighted by molar-refractivity contribution is 5.93. The van der Waals surface area contributed by atoms with Crippen LogP contribution in [0, 0.1) is 11.8 Å². The molecule has 3 aromatic rings. The summed E-state index contributed by atoms with van der Waals surface area (Å²) in [7, 11) is 0. The van der Waals surface area contributed by atoms with E-state index in [0.717, 1.165) is 28.1 Å². The summed E-state index contributed by atoms with van der Waals surface area (Å²) in [5.74, 6) is 5.99. The quantitative estimate of drug-likeness (QED) is 0.663. The molecule has 4 heteroatoms. The van der Waals surface area contributed by atoms with Crippen LogP contribution in [0.5, 0.6) is 0 Å². The second-order valence-electron chi connectivity index (χ2n) is 6.23. The summed E-state index contributed by atoms with van der Waals surface area (Å²) in [4.78, 5) is 13.8. The van der Waals surface area contributed by atoms with Gasteiger partial charge in [0.15, 0.2) is 0 Å². The highest BCUT2D eigenvalue weighted by atomic mass is 16.5. The van der Waals surface area contributed by atoms with Gasteiger partial charge in [-0.3, -0.25) is 4.79 Å². The van der Waals surface area contributed by atoms with Crippen LogP contribution < -0.4 is 0 Å². The normalized spacial score (nSPS) is 12.9. The molecule has 128 valence electrons. The standard InChI is InChI=1S/C22H18N2O2/c1-2-6-21(25)24-14-13-20-19(15-24)22(23-26-20)18-11-9-17(10-12-18)16-7-4-3-5-8-16/h3-5,7-12H,13-15H2,1H3. The zero-order valence-electron chi connectivity index (χ0n) is 14.5. The van der Waals surface area contributed by atoms with E-state index in [9.17, 15) is 4.79 Å². The van der Waals surface area contributed by atoms with Crippen molar-refractivity contribution < 1.29 is 9.32 Å². The first-order valence-electron chi connectivity index (χ1n) is 8.61. The predicted octanol–water partition coefficient (Wildman–Crippen LogP) is 3.92. The highest BCUT2D eigenvalue weighted by Crippen LogP contribution is 2.31. The number of fused-ring (bicyclic) bond motifs is 1. The maximum atomic E-state index is 12.1. The molecule has 0 saturated heterocycles. The molecule has 2 aromatic carbocycles. The van der Waals surface area contributed by atoms with Gasteiger partial charge < -0.3 is 9.42 Å². The predicted molar refractivity (Wildman–Crippen MR) is 99.9 cm³/mol. The average molecular weight is 342 g/mol. The summed E-state index contributed by atoms with van der Waals surface area (Å²) in [6, 6.07) is 18.5. The molecule has 0 unspecified atom stereocenters. The number of aromatic nitrogens is 1. The lowest BCUT2D eigenvalue weighted by molar-refractivity contribution is -0.126. The molecule has 1 aliphatic heterocycles. The van der Waals surface area contributed by atoms with Crippen LogP contribution in [-0.4, -0.2) is 22.5 Å². The van der Waals surface area contributed by atoms with Crippen LogP contribution in [0.4, 0.5) is 0 Å². The molecule has 0 N–H and O–H groups in total. The fourth-order valence-corrected chi connectivity index (χ4v) is 3.25. The van der Waals surface area contributed by atoms with E-state index in [1.807, 2.05) is 30.3 Å². The van der Waals surface area contributed by atoms with Crippen molar-refractivity contribution in [2.75, 3.05) is 6.54 Å². The first kappa shape index (κ1) is 16.2. The van der Waals surface area contributed by atoms with Gasteiger partial charge in [-0.15, -0.1) is 0 Å². The Hall–Kier alpha value is -3.32. The zero-order chi connectivity index (χ0) is 17.9. The first-order chi connectivity index (χ1) is 12.8. The van der Waals surface area contributed by atoms with E-state index in [2.05, 4.69) is 41.3 Å². The summed E-state index contributed by atoms with van der Waals surface area (Å²) in [5.41, 5.74) is 5.11. The Balaban J connectivity index is 1.63. The van der Waals surface area contributed by atoms with E-state index in [-0.39, 0.29) is 5.91 Å². The lowest BCUT2D eigenvalue weighted by Crippen LogP contribution is -2.34. The van der Waals surface area contributed by atoms with Gasteiger partial charge in [0.2, 0.25) is 0 Å². The molecule has 26 heavy (non-hydrogen) atoms. The van der Waals surface area contributed by atoms with Crippen molar-refractivity contribution >= 4 is 5.91 Å². The smallest absolute Gasteiger partial charge is 0.298 e. The molecule has 4 nitrogen and oxygen atoms in total. The van der Waals surface area contributed by atoms with Crippen molar-refractivity contribution in [2.45, 2.75) is 19.9 Å². The minimum absolute atomic E-state index is 0.148. The molecule has 0 spiro atoms. The van der Waals surface area contributed by atoms with Gasteiger partial charge in [-0.2, -0.15) is 0 Å². The molecule has 0 aliphatic carbocycles. The Morgan fingerprint density at radius 1 is 1.04 bits per heavy atom. The Morgan fingerprint density at radius 2 is 1.73 bits per heavy atom. The van der Waals surface area contributed by atoms with Gasteiger partial charge in [0.25, 0.3) is 5.91 Å². The molecular formula is C22H18N2O2. The minimum atomic E-state index is -0.148. The number of benzene rings is 2. The van der Waals surface area contributed by atoms with Crippen molar-refractivity contribution in [3.05, 3.63) is 65.9 Å². The van der Waals surface area contributed by atoms with Gasteiger partial charge in [-0.1, -0.05) is 65.7 Å². The molecule has 1 aliphatic rings. The third-order valence-corrected chi connectivity index (χ3v) is 4.61. The van der Waals surface area contributed by atoms with E-state index in [0.29, 0.717) is 19.5 Å². The van der Waals surface area contributed by atoms with Gasteiger partial charge >= 0.3 is 0 Å². The number of rotatable bonds is 2. The van der Waals surface area contributed by atoms with E-state index in [1.165, 1.54) is 5.56 Å². The molecular weight excluding hydrogens is 324 g/mol. The van der Waals surface area contributed by atoms with E-state index < -0.39 is 0 Å². The topological polar surface area (TPSA) is 46.3 Å². The minimum Gasteiger partial charge on any atom is -0.360 e. The molecule has 1 aromatic heterocycles. The van der Waals surface area contributed by atoms with Crippen LogP contribution in [0.1, 0.15) is 18.2 Å². The fourth-order valence-electron chi connectivity index (χ4n) is 3.25. The fraction of sp³-hybridized carbons (Fsp3) is 0.182. The molecule has 0 radical (unpaired) electrons. The largest absolute Gasteiger partial charge is 0.360 e. The van der Waals surface area contributed by atoms with Crippen molar-refractivity contribution in [1.29, 1.82) is 0 Å². The molecule has 0 atom stereocenters. The third kappa shape index (κ3) is 3.00. The van der Waals surface area contributed by atoms with Gasteiger partial charge in [0, 0.05) is 24.1 Å². The average Bonchev–Trinajstić information content (AvgIpc) is 3.12. The number of hydrogen-bond donors (Lipinski definition) is 0. The molecule has 4 rings (SSSR count). The van der Waals surface area contributed by atoms with Crippen LogP contribution in [0.15, 0.2) is 59.1 Å². The maximum absolute atomic E-state index is 12.1. The van der Waals surface area contributed by atoms with Crippen molar-refractivity contribution in [3.8, 4) is 34.2 Å². The molecule has 1 amide bonds. The molecule has 0 saturated carbocycles. The summed E-state index contributed by atoms with van der Waals surface area (Å²) in [6.07, 6.45) is 0.668. The Kier molecular flexibility index (Phi) is 4.28. The van der Waals surface area contributed by atoms with Crippen LogP contribution in [0.25, 0.3) is 22.4 Å². The maximum Gasteiger partial charge on any atom is 0.298 e. The molecule has 0 bridgehead atoms. The summed E-state index contributed by atoms with van der Waals surface area (Å²) in [6.45, 7) is 2.77. The van der Waals surface area contributed by atoms with Crippen molar-refractivity contribution in [3.63, 3.8) is 0 Å². The molecule has 0 fully saturated rings. The number of nitrogens with zero attached hydrogens (tertiary/aromatic N) is 2. The SMILES string of the molecule is CC#CC(=O)N1CCc2onc(-c3ccc(-c4ccccc4)cc3)c2C1. The summed E-state index contributed by atoms with van der Waals surface area (Å²) in [5, 5.41) is 4.26. The summed E-state index contributed by atoms with van der Waals surface area (Å²) >= 11 is 0. The highest BCUT2D eigenvalue weighted by Gasteiger charge is 2.26. The third-order valence-electron chi connectivity index (χ3n) is 4.61. The first-order valence-corrected chi connectivity index (χ1v) is 8.61. The number of amides is 1. The van der Waals surface area contributed by atoms with Crippen LogP contribution >= 0.6 is 0 Å². The number of hydrogen-bond acceptors (Lipinski definition) is 3. The van der Waals surface area contributed by atoms with Gasteiger partial charge in [-0.25, -0.2) is 0 Å². The Bertz CT molecular complexity index is 992.